The van der Waals surface area contributed by atoms with E-state index in [-0.39, 0.29) is 5.41 Å². The van der Waals surface area contributed by atoms with Gasteiger partial charge in [-0.15, -0.1) is 0 Å². The molecule has 18 heavy (non-hydrogen) atoms. The van der Waals surface area contributed by atoms with E-state index < -0.39 is 0 Å². The zero-order valence-electron chi connectivity index (χ0n) is 11.9. The number of benzene rings is 1. The van der Waals surface area contributed by atoms with Crippen LogP contribution in [0, 0.1) is 5.92 Å². The number of anilines is 1. The number of hydrogen-bond donors (Lipinski definition) is 0. The van der Waals surface area contributed by atoms with Crippen LogP contribution in [-0.4, -0.2) is 12.5 Å². The molecule has 0 radical (unpaired) electrons. The summed E-state index contributed by atoms with van der Waals surface area (Å²) in [5.41, 5.74) is 2.04. The Kier molecular flexibility index (Phi) is 3.47. The Morgan fingerprint density at radius 1 is 1.22 bits per heavy atom. The van der Waals surface area contributed by atoms with Crippen LogP contribution in [0.5, 0.6) is 0 Å². The molecule has 0 N–H and O–H groups in total. The summed E-state index contributed by atoms with van der Waals surface area (Å²) in [4.78, 5) is 14.8. The lowest BCUT2D eigenvalue weighted by atomic mass is 9.69. The van der Waals surface area contributed by atoms with Gasteiger partial charge in [0.1, 0.15) is 0 Å². The van der Waals surface area contributed by atoms with Gasteiger partial charge in [-0.2, -0.15) is 0 Å². The molecule has 2 atom stereocenters. The van der Waals surface area contributed by atoms with Crippen molar-refractivity contribution in [2.75, 3.05) is 11.4 Å². The predicted octanol–water partition coefficient (Wildman–Crippen LogP) is 3.75. The van der Waals surface area contributed by atoms with Crippen molar-refractivity contribution in [3.05, 3.63) is 29.8 Å². The molecule has 0 spiro atoms. The molecule has 1 aliphatic heterocycles. The number of rotatable bonds is 4. The normalized spacial score (nSPS) is 24.2. The summed E-state index contributed by atoms with van der Waals surface area (Å²) in [6.45, 7) is 9.33. The summed E-state index contributed by atoms with van der Waals surface area (Å²) >= 11 is 0. The van der Waals surface area contributed by atoms with Crippen LogP contribution in [-0.2, 0) is 10.2 Å². The molecule has 0 aliphatic carbocycles. The van der Waals surface area contributed by atoms with Gasteiger partial charge in [0.2, 0.25) is 5.91 Å². The largest absolute Gasteiger partial charge is 0.312 e. The molecule has 1 aliphatic rings. The quantitative estimate of drug-likeness (QED) is 0.791. The molecule has 2 unspecified atom stereocenters. The van der Waals surface area contributed by atoms with Crippen LogP contribution in [0.3, 0.4) is 0 Å². The van der Waals surface area contributed by atoms with E-state index in [1.54, 1.807) is 0 Å². The van der Waals surface area contributed by atoms with Crippen molar-refractivity contribution in [2.24, 2.45) is 5.92 Å². The van der Waals surface area contributed by atoms with Gasteiger partial charge in [0.15, 0.2) is 0 Å². The van der Waals surface area contributed by atoms with Crippen LogP contribution in [0.15, 0.2) is 24.3 Å². The third kappa shape index (κ3) is 1.51. The number of amides is 1. The van der Waals surface area contributed by atoms with Gasteiger partial charge in [-0.25, -0.2) is 0 Å². The zero-order valence-corrected chi connectivity index (χ0v) is 11.9. The molecular weight excluding hydrogens is 222 g/mol. The highest BCUT2D eigenvalue weighted by Crippen LogP contribution is 2.49. The van der Waals surface area contributed by atoms with Crippen molar-refractivity contribution in [2.45, 2.75) is 46.0 Å². The fraction of sp³-hybridized carbons (Fsp3) is 0.562. The first-order valence-corrected chi connectivity index (χ1v) is 7.04. The van der Waals surface area contributed by atoms with Gasteiger partial charge in [0.05, 0.1) is 5.41 Å². The first-order chi connectivity index (χ1) is 8.63. The van der Waals surface area contributed by atoms with Gasteiger partial charge in [-0.3, -0.25) is 4.79 Å². The maximum Gasteiger partial charge on any atom is 0.237 e. The highest BCUT2D eigenvalue weighted by Gasteiger charge is 2.51. The SMILES string of the molecule is CCC(C)C1(CC)C(=O)N(CC)c2ccccc21. The number of carbonyl (C=O) groups excluding carboxylic acids is 1. The van der Waals surface area contributed by atoms with Crippen LogP contribution >= 0.6 is 0 Å². The molecule has 0 fully saturated rings. The number of fused-ring (bicyclic) bond motifs is 1. The topological polar surface area (TPSA) is 20.3 Å². The Morgan fingerprint density at radius 3 is 2.44 bits per heavy atom. The Hall–Kier alpha value is -1.31. The molecule has 0 saturated heterocycles. The molecule has 2 rings (SSSR count). The van der Waals surface area contributed by atoms with E-state index in [4.69, 9.17) is 0 Å². The lowest BCUT2D eigenvalue weighted by molar-refractivity contribution is -0.125. The molecule has 1 heterocycles. The molecular formula is C16H23NO. The molecule has 0 aromatic heterocycles. The third-order valence-corrected chi connectivity index (χ3v) is 4.63. The van der Waals surface area contributed by atoms with Crippen molar-refractivity contribution >= 4 is 11.6 Å². The van der Waals surface area contributed by atoms with E-state index >= 15 is 0 Å². The van der Waals surface area contributed by atoms with E-state index in [0.717, 1.165) is 25.1 Å². The van der Waals surface area contributed by atoms with Crippen LogP contribution in [0.1, 0.15) is 46.1 Å². The molecule has 0 bridgehead atoms. The Morgan fingerprint density at radius 2 is 1.89 bits per heavy atom. The molecule has 2 heteroatoms. The van der Waals surface area contributed by atoms with Crippen LogP contribution in [0.25, 0.3) is 0 Å². The monoisotopic (exact) mass is 245 g/mol. The van der Waals surface area contributed by atoms with Crippen LogP contribution in [0.4, 0.5) is 5.69 Å². The average molecular weight is 245 g/mol. The minimum Gasteiger partial charge on any atom is -0.312 e. The molecule has 1 aromatic rings. The second kappa shape index (κ2) is 4.75. The number of hydrogen-bond acceptors (Lipinski definition) is 1. The minimum absolute atomic E-state index is 0.294. The standard InChI is InChI=1S/C16H23NO/c1-5-12(4)16(6-2)13-10-8-9-11-14(13)17(7-3)15(16)18/h8-12H,5-7H2,1-4H3. The maximum atomic E-state index is 12.9. The highest BCUT2D eigenvalue weighted by atomic mass is 16.2. The summed E-state index contributed by atoms with van der Waals surface area (Å²) in [6.07, 6.45) is 1.92. The lowest BCUT2D eigenvalue weighted by Crippen LogP contribution is -2.44. The van der Waals surface area contributed by atoms with Gasteiger partial charge in [-0.1, -0.05) is 45.4 Å². The summed E-state index contributed by atoms with van der Waals surface area (Å²) in [5.74, 6) is 0.677. The smallest absolute Gasteiger partial charge is 0.237 e. The van der Waals surface area contributed by atoms with E-state index in [9.17, 15) is 4.79 Å². The van der Waals surface area contributed by atoms with E-state index in [2.05, 4.69) is 45.9 Å². The first-order valence-electron chi connectivity index (χ1n) is 7.04. The second-order valence-electron chi connectivity index (χ2n) is 5.20. The fourth-order valence-electron chi connectivity index (χ4n) is 3.38. The zero-order chi connectivity index (χ0) is 13.3. The van der Waals surface area contributed by atoms with Crippen LogP contribution < -0.4 is 4.90 Å². The molecule has 1 amide bonds. The van der Waals surface area contributed by atoms with E-state index in [0.29, 0.717) is 11.8 Å². The maximum absolute atomic E-state index is 12.9. The van der Waals surface area contributed by atoms with Gasteiger partial charge in [0, 0.05) is 12.2 Å². The molecule has 2 nitrogen and oxygen atoms in total. The van der Waals surface area contributed by atoms with Crippen LogP contribution in [0.2, 0.25) is 0 Å². The van der Waals surface area contributed by atoms with E-state index in [1.807, 2.05) is 11.0 Å². The van der Waals surface area contributed by atoms with Gasteiger partial charge in [0.25, 0.3) is 0 Å². The van der Waals surface area contributed by atoms with Crippen molar-refractivity contribution in [1.82, 2.24) is 0 Å². The van der Waals surface area contributed by atoms with Gasteiger partial charge < -0.3 is 4.90 Å². The average Bonchev–Trinajstić information content (AvgIpc) is 2.66. The Balaban J connectivity index is 2.64. The summed E-state index contributed by atoms with van der Waals surface area (Å²) < 4.78 is 0. The predicted molar refractivity (Wildman–Crippen MR) is 75.9 cm³/mol. The van der Waals surface area contributed by atoms with E-state index in [1.165, 1.54) is 5.56 Å². The van der Waals surface area contributed by atoms with Gasteiger partial charge >= 0.3 is 0 Å². The summed E-state index contributed by atoms with van der Waals surface area (Å²) in [5, 5.41) is 0. The van der Waals surface area contributed by atoms with Crippen molar-refractivity contribution in [1.29, 1.82) is 0 Å². The molecule has 1 aromatic carbocycles. The fourth-order valence-corrected chi connectivity index (χ4v) is 3.38. The lowest BCUT2D eigenvalue weighted by Gasteiger charge is -2.33. The number of likely N-dealkylation sites (N-methyl/N-ethyl adjacent to an activating group) is 1. The van der Waals surface area contributed by atoms with Crippen molar-refractivity contribution in [3.63, 3.8) is 0 Å². The first kappa shape index (κ1) is 13.1. The second-order valence-corrected chi connectivity index (χ2v) is 5.20. The third-order valence-electron chi connectivity index (χ3n) is 4.63. The Labute approximate surface area is 110 Å². The number of nitrogens with zero attached hydrogens (tertiary/aromatic N) is 1. The molecule has 98 valence electrons. The van der Waals surface area contributed by atoms with Gasteiger partial charge in [-0.05, 0) is 30.9 Å². The number of para-hydroxylation sites is 1. The molecule has 0 saturated carbocycles. The summed E-state index contributed by atoms with van der Waals surface area (Å²) in [7, 11) is 0. The number of carbonyl (C=O) groups is 1. The van der Waals surface area contributed by atoms with Crippen molar-refractivity contribution < 1.29 is 4.79 Å². The summed E-state index contributed by atoms with van der Waals surface area (Å²) in [6, 6.07) is 8.30. The Bertz CT molecular complexity index is 454. The highest BCUT2D eigenvalue weighted by molar-refractivity contribution is 6.08. The minimum atomic E-state index is -0.304. The van der Waals surface area contributed by atoms with Crippen molar-refractivity contribution in [3.8, 4) is 0 Å².